The Morgan fingerprint density at radius 3 is 2.80 bits per heavy atom. The fraction of sp³-hybridized carbons (Fsp3) is 0.800. The highest BCUT2D eigenvalue weighted by molar-refractivity contribution is 5.93. The summed E-state index contributed by atoms with van der Waals surface area (Å²) in [6.07, 6.45) is 1.69. The van der Waals surface area contributed by atoms with Gasteiger partial charge in [0, 0.05) is 13.1 Å². The molecule has 0 aromatic carbocycles. The van der Waals surface area contributed by atoms with E-state index in [2.05, 4.69) is 17.3 Å². The Morgan fingerprint density at radius 2 is 2.27 bits per heavy atom. The number of carboxylic acids is 1. The van der Waals surface area contributed by atoms with Crippen molar-refractivity contribution in [2.75, 3.05) is 26.7 Å². The van der Waals surface area contributed by atoms with Gasteiger partial charge in [-0.1, -0.05) is 0 Å². The van der Waals surface area contributed by atoms with E-state index >= 15 is 0 Å². The van der Waals surface area contributed by atoms with Crippen LogP contribution in [0.2, 0.25) is 0 Å². The number of hydrogen-bond donors (Lipinski definition) is 2. The predicted octanol–water partition coefficient (Wildman–Crippen LogP) is -0.0809. The smallest absolute Gasteiger partial charge is 0.312 e. The fourth-order valence-corrected chi connectivity index (χ4v) is 1.88. The van der Waals surface area contributed by atoms with E-state index in [1.165, 1.54) is 6.42 Å². The van der Waals surface area contributed by atoms with Crippen LogP contribution >= 0.6 is 0 Å². The number of aliphatic carboxylic acids is 1. The summed E-state index contributed by atoms with van der Waals surface area (Å²) in [6.45, 7) is 2.78. The van der Waals surface area contributed by atoms with Crippen molar-refractivity contribution in [3.05, 3.63) is 0 Å². The molecular weight excluding hydrogens is 196 g/mol. The van der Waals surface area contributed by atoms with Crippen LogP contribution < -0.4 is 5.32 Å². The van der Waals surface area contributed by atoms with E-state index in [1.807, 2.05) is 0 Å². The number of carbonyl (C=O) groups excluding carboxylic acids is 1. The molecular formula is C10H18N2O3. The quantitative estimate of drug-likeness (QED) is 0.628. The summed E-state index contributed by atoms with van der Waals surface area (Å²) >= 11 is 0. The van der Waals surface area contributed by atoms with Gasteiger partial charge in [-0.15, -0.1) is 0 Å². The topological polar surface area (TPSA) is 69.6 Å². The second-order valence-electron chi connectivity index (χ2n) is 4.13. The predicted molar refractivity (Wildman–Crippen MR) is 55.5 cm³/mol. The van der Waals surface area contributed by atoms with Crippen LogP contribution in [0, 0.1) is 5.92 Å². The molecule has 1 unspecified atom stereocenters. The molecule has 0 aromatic heterocycles. The number of carbonyl (C=O) groups is 2. The molecule has 1 atom stereocenters. The summed E-state index contributed by atoms with van der Waals surface area (Å²) in [5, 5.41) is 11.0. The first kappa shape index (κ1) is 12.0. The molecule has 1 amide bonds. The minimum Gasteiger partial charge on any atom is -0.481 e. The second-order valence-corrected chi connectivity index (χ2v) is 4.13. The second kappa shape index (κ2) is 5.70. The lowest BCUT2D eigenvalue weighted by molar-refractivity contribution is -0.140. The maximum atomic E-state index is 11.0. The van der Waals surface area contributed by atoms with Crippen molar-refractivity contribution in [2.24, 2.45) is 5.92 Å². The molecule has 1 rings (SSSR count). The summed E-state index contributed by atoms with van der Waals surface area (Å²) < 4.78 is 0. The third-order valence-corrected chi connectivity index (χ3v) is 2.68. The van der Waals surface area contributed by atoms with Crippen LogP contribution in [0.5, 0.6) is 0 Å². The molecule has 0 aromatic rings. The average molecular weight is 214 g/mol. The van der Waals surface area contributed by atoms with Crippen molar-refractivity contribution < 1.29 is 14.7 Å². The van der Waals surface area contributed by atoms with Crippen molar-refractivity contribution in [3.63, 3.8) is 0 Å². The summed E-state index contributed by atoms with van der Waals surface area (Å²) in [5.41, 5.74) is 0. The first-order valence-electron chi connectivity index (χ1n) is 5.25. The molecule has 0 aliphatic carbocycles. The van der Waals surface area contributed by atoms with Gasteiger partial charge in [-0.3, -0.25) is 9.59 Å². The van der Waals surface area contributed by atoms with Gasteiger partial charge < -0.3 is 15.3 Å². The number of hydrogen-bond acceptors (Lipinski definition) is 3. The standard InChI is InChI=1S/C10H18N2O3/c1-12-5-3-8(7-12)2-4-11-9(13)6-10(14)15/h8H,2-7H2,1H3,(H,11,13)(H,14,15). The first-order chi connectivity index (χ1) is 7.08. The monoisotopic (exact) mass is 214 g/mol. The number of carboxylic acid groups (broad SMARTS) is 1. The number of likely N-dealkylation sites (tertiary alicyclic amines) is 1. The lowest BCUT2D eigenvalue weighted by Gasteiger charge is -2.10. The molecule has 2 N–H and O–H groups in total. The summed E-state index contributed by atoms with van der Waals surface area (Å²) in [4.78, 5) is 23.5. The van der Waals surface area contributed by atoms with Gasteiger partial charge in [0.15, 0.2) is 0 Å². The van der Waals surface area contributed by atoms with Crippen LogP contribution in [0.1, 0.15) is 19.3 Å². The zero-order valence-corrected chi connectivity index (χ0v) is 9.03. The zero-order chi connectivity index (χ0) is 11.3. The molecule has 5 heteroatoms. The van der Waals surface area contributed by atoms with Gasteiger partial charge in [-0.05, 0) is 32.4 Å². The Hall–Kier alpha value is -1.10. The molecule has 5 nitrogen and oxygen atoms in total. The Morgan fingerprint density at radius 1 is 1.53 bits per heavy atom. The van der Waals surface area contributed by atoms with Crippen molar-refractivity contribution in [1.82, 2.24) is 10.2 Å². The van der Waals surface area contributed by atoms with Gasteiger partial charge in [0.2, 0.25) is 5.91 Å². The van der Waals surface area contributed by atoms with Gasteiger partial charge in [0.05, 0.1) is 0 Å². The van der Waals surface area contributed by atoms with Crippen LogP contribution in [0.3, 0.4) is 0 Å². The zero-order valence-electron chi connectivity index (χ0n) is 9.03. The SMILES string of the molecule is CN1CCC(CCNC(=O)CC(=O)O)C1. The van der Waals surface area contributed by atoms with E-state index in [9.17, 15) is 9.59 Å². The van der Waals surface area contributed by atoms with Gasteiger partial charge >= 0.3 is 5.97 Å². The van der Waals surface area contributed by atoms with Crippen LogP contribution in [-0.2, 0) is 9.59 Å². The van der Waals surface area contributed by atoms with Crippen LogP contribution in [-0.4, -0.2) is 48.6 Å². The van der Waals surface area contributed by atoms with Gasteiger partial charge in [-0.25, -0.2) is 0 Å². The largest absolute Gasteiger partial charge is 0.481 e. The van der Waals surface area contributed by atoms with E-state index in [0.29, 0.717) is 12.5 Å². The van der Waals surface area contributed by atoms with E-state index in [0.717, 1.165) is 19.5 Å². The molecule has 15 heavy (non-hydrogen) atoms. The highest BCUT2D eigenvalue weighted by Crippen LogP contribution is 2.16. The highest BCUT2D eigenvalue weighted by atomic mass is 16.4. The highest BCUT2D eigenvalue weighted by Gasteiger charge is 2.19. The molecule has 1 heterocycles. The van der Waals surface area contributed by atoms with Crippen LogP contribution in [0.4, 0.5) is 0 Å². The Labute approximate surface area is 89.4 Å². The molecule has 0 saturated carbocycles. The fourth-order valence-electron chi connectivity index (χ4n) is 1.88. The van der Waals surface area contributed by atoms with E-state index in [-0.39, 0.29) is 0 Å². The molecule has 0 radical (unpaired) electrons. The molecule has 86 valence electrons. The van der Waals surface area contributed by atoms with E-state index in [1.54, 1.807) is 0 Å². The minimum absolute atomic E-state index is 0.395. The van der Waals surface area contributed by atoms with Crippen molar-refractivity contribution in [2.45, 2.75) is 19.3 Å². The van der Waals surface area contributed by atoms with Crippen LogP contribution in [0.15, 0.2) is 0 Å². The molecule has 1 aliphatic rings. The first-order valence-corrected chi connectivity index (χ1v) is 5.25. The third-order valence-electron chi connectivity index (χ3n) is 2.68. The molecule has 1 aliphatic heterocycles. The maximum Gasteiger partial charge on any atom is 0.312 e. The molecule has 0 spiro atoms. The molecule has 1 fully saturated rings. The summed E-state index contributed by atoms with van der Waals surface area (Å²) in [7, 11) is 2.09. The number of amides is 1. The number of nitrogens with zero attached hydrogens (tertiary/aromatic N) is 1. The van der Waals surface area contributed by atoms with Gasteiger partial charge in [0.1, 0.15) is 6.42 Å². The van der Waals surface area contributed by atoms with Crippen molar-refractivity contribution in [3.8, 4) is 0 Å². The van der Waals surface area contributed by atoms with E-state index < -0.39 is 18.3 Å². The Kier molecular flexibility index (Phi) is 4.55. The molecule has 0 bridgehead atoms. The lowest BCUT2D eigenvalue weighted by atomic mass is 10.1. The Balaban J connectivity index is 2.06. The minimum atomic E-state index is -1.08. The summed E-state index contributed by atoms with van der Waals surface area (Å²) in [5.74, 6) is -0.831. The summed E-state index contributed by atoms with van der Waals surface area (Å²) in [6, 6.07) is 0. The normalized spacial score (nSPS) is 21.5. The number of rotatable bonds is 5. The third kappa shape index (κ3) is 4.78. The maximum absolute atomic E-state index is 11.0. The lowest BCUT2D eigenvalue weighted by Crippen LogP contribution is -2.28. The van der Waals surface area contributed by atoms with Crippen molar-refractivity contribution >= 4 is 11.9 Å². The van der Waals surface area contributed by atoms with Gasteiger partial charge in [0.25, 0.3) is 0 Å². The van der Waals surface area contributed by atoms with Crippen molar-refractivity contribution in [1.29, 1.82) is 0 Å². The van der Waals surface area contributed by atoms with E-state index in [4.69, 9.17) is 5.11 Å². The Bertz CT molecular complexity index is 243. The van der Waals surface area contributed by atoms with Gasteiger partial charge in [-0.2, -0.15) is 0 Å². The number of nitrogens with one attached hydrogen (secondary N) is 1. The van der Waals surface area contributed by atoms with Crippen LogP contribution in [0.25, 0.3) is 0 Å². The average Bonchev–Trinajstić information content (AvgIpc) is 2.50. The molecule has 1 saturated heterocycles.